The highest BCUT2D eigenvalue weighted by atomic mass is 16.5. The SMILES string of the molecule is O=C(NC1CCCC1)N1CCN(Cc2nnn3c2CO[C@H](c2ccccc2)C3)CC1. The maximum absolute atomic E-state index is 12.5. The molecule has 0 unspecified atom stereocenters. The van der Waals surface area contributed by atoms with E-state index in [0.717, 1.165) is 57.0 Å². The summed E-state index contributed by atoms with van der Waals surface area (Å²) in [5.41, 5.74) is 3.24. The van der Waals surface area contributed by atoms with Crippen molar-refractivity contribution >= 4 is 6.03 Å². The summed E-state index contributed by atoms with van der Waals surface area (Å²) in [6.07, 6.45) is 4.74. The number of rotatable bonds is 4. The van der Waals surface area contributed by atoms with E-state index in [1.165, 1.54) is 18.4 Å². The Labute approximate surface area is 177 Å². The predicted octanol–water partition coefficient (Wildman–Crippen LogP) is 2.32. The summed E-state index contributed by atoms with van der Waals surface area (Å²) in [6, 6.07) is 10.7. The molecule has 1 aliphatic carbocycles. The topological polar surface area (TPSA) is 75.5 Å². The van der Waals surface area contributed by atoms with Gasteiger partial charge in [0, 0.05) is 38.8 Å². The third-order valence-corrected chi connectivity index (χ3v) is 6.57. The van der Waals surface area contributed by atoms with Crippen LogP contribution in [0, 0.1) is 0 Å². The number of fused-ring (bicyclic) bond motifs is 1. The van der Waals surface area contributed by atoms with Gasteiger partial charge in [-0.25, -0.2) is 9.48 Å². The van der Waals surface area contributed by atoms with Crippen molar-refractivity contribution in [3.8, 4) is 0 Å². The Hall–Kier alpha value is -2.45. The Kier molecular flexibility index (Phi) is 5.68. The molecule has 5 rings (SSSR count). The van der Waals surface area contributed by atoms with Crippen molar-refractivity contribution in [1.82, 2.24) is 30.1 Å². The lowest BCUT2D eigenvalue weighted by Gasteiger charge is -2.35. The molecule has 8 nitrogen and oxygen atoms in total. The van der Waals surface area contributed by atoms with Crippen molar-refractivity contribution in [2.75, 3.05) is 26.2 Å². The van der Waals surface area contributed by atoms with Gasteiger partial charge >= 0.3 is 6.03 Å². The molecule has 8 heteroatoms. The van der Waals surface area contributed by atoms with Crippen LogP contribution in [0.25, 0.3) is 0 Å². The lowest BCUT2D eigenvalue weighted by Crippen LogP contribution is -2.53. The number of nitrogens with one attached hydrogen (secondary N) is 1. The fourth-order valence-corrected chi connectivity index (χ4v) is 4.71. The summed E-state index contributed by atoms with van der Waals surface area (Å²) in [4.78, 5) is 16.8. The quantitative estimate of drug-likeness (QED) is 0.837. The molecule has 2 amide bonds. The number of aromatic nitrogens is 3. The Morgan fingerprint density at radius 2 is 1.87 bits per heavy atom. The summed E-state index contributed by atoms with van der Waals surface area (Å²) in [7, 11) is 0. The molecule has 3 aliphatic rings. The molecule has 0 radical (unpaired) electrons. The molecule has 2 fully saturated rings. The van der Waals surface area contributed by atoms with Crippen molar-refractivity contribution < 1.29 is 9.53 Å². The first-order chi connectivity index (χ1) is 14.8. The van der Waals surface area contributed by atoms with Gasteiger partial charge in [0.15, 0.2) is 0 Å². The zero-order chi connectivity index (χ0) is 20.3. The molecule has 0 spiro atoms. The Balaban J connectivity index is 1.14. The van der Waals surface area contributed by atoms with Gasteiger partial charge in [-0.2, -0.15) is 0 Å². The molecule has 1 saturated carbocycles. The van der Waals surface area contributed by atoms with E-state index >= 15 is 0 Å². The van der Waals surface area contributed by atoms with Gasteiger partial charge in [-0.05, 0) is 18.4 Å². The summed E-state index contributed by atoms with van der Waals surface area (Å²) < 4.78 is 8.10. The van der Waals surface area contributed by atoms with Gasteiger partial charge in [0.25, 0.3) is 0 Å². The van der Waals surface area contributed by atoms with Gasteiger partial charge in [0.1, 0.15) is 11.8 Å². The summed E-state index contributed by atoms with van der Waals surface area (Å²) in [6.45, 7) is 5.22. The molecule has 2 aliphatic heterocycles. The minimum absolute atomic E-state index is 0.0233. The van der Waals surface area contributed by atoms with E-state index in [9.17, 15) is 4.79 Å². The molecule has 1 N–H and O–H groups in total. The van der Waals surface area contributed by atoms with Gasteiger partial charge in [0.2, 0.25) is 0 Å². The number of urea groups is 1. The van der Waals surface area contributed by atoms with E-state index in [1.54, 1.807) is 0 Å². The molecule has 1 atom stereocenters. The van der Waals surface area contributed by atoms with E-state index in [2.05, 4.69) is 32.7 Å². The van der Waals surface area contributed by atoms with Gasteiger partial charge in [-0.3, -0.25) is 4.90 Å². The van der Waals surface area contributed by atoms with Crippen molar-refractivity contribution in [2.24, 2.45) is 0 Å². The Morgan fingerprint density at radius 1 is 1.10 bits per heavy atom. The second kappa shape index (κ2) is 8.73. The molecule has 0 bridgehead atoms. The fourth-order valence-electron chi connectivity index (χ4n) is 4.71. The lowest BCUT2D eigenvalue weighted by molar-refractivity contribution is -0.00218. The van der Waals surface area contributed by atoms with Crippen LogP contribution in [0.15, 0.2) is 30.3 Å². The van der Waals surface area contributed by atoms with Crippen LogP contribution in [0.4, 0.5) is 4.79 Å². The van der Waals surface area contributed by atoms with Crippen LogP contribution >= 0.6 is 0 Å². The van der Waals surface area contributed by atoms with Crippen LogP contribution in [-0.2, 0) is 24.4 Å². The van der Waals surface area contributed by atoms with Crippen molar-refractivity contribution in [3.63, 3.8) is 0 Å². The van der Waals surface area contributed by atoms with E-state index in [1.807, 2.05) is 27.8 Å². The first kappa shape index (κ1) is 19.5. The summed E-state index contributed by atoms with van der Waals surface area (Å²) in [5.74, 6) is 0. The van der Waals surface area contributed by atoms with E-state index in [0.29, 0.717) is 19.2 Å². The molecule has 3 heterocycles. The molecule has 160 valence electrons. The van der Waals surface area contributed by atoms with E-state index < -0.39 is 0 Å². The Bertz CT molecular complexity index is 856. The zero-order valence-corrected chi connectivity index (χ0v) is 17.4. The minimum atomic E-state index is 0.0233. The summed E-state index contributed by atoms with van der Waals surface area (Å²) in [5, 5.41) is 12.0. The highest BCUT2D eigenvalue weighted by Crippen LogP contribution is 2.27. The lowest BCUT2D eigenvalue weighted by atomic mass is 10.1. The first-order valence-corrected chi connectivity index (χ1v) is 11.1. The van der Waals surface area contributed by atoms with Gasteiger partial charge in [0.05, 0.1) is 18.8 Å². The third kappa shape index (κ3) is 4.20. The molecule has 1 saturated heterocycles. The number of nitrogens with zero attached hydrogens (tertiary/aromatic N) is 5. The molecule has 1 aromatic heterocycles. The van der Waals surface area contributed by atoms with E-state index in [-0.39, 0.29) is 12.1 Å². The number of carbonyl (C=O) groups excluding carboxylic acids is 1. The van der Waals surface area contributed by atoms with Crippen LogP contribution in [0.1, 0.15) is 48.7 Å². The second-order valence-electron chi connectivity index (χ2n) is 8.57. The number of benzene rings is 1. The average Bonchev–Trinajstić information content (AvgIpc) is 3.44. The highest BCUT2D eigenvalue weighted by molar-refractivity contribution is 5.74. The van der Waals surface area contributed by atoms with Gasteiger partial charge in [-0.15, -0.1) is 5.10 Å². The van der Waals surface area contributed by atoms with Crippen LogP contribution in [-0.4, -0.2) is 63.0 Å². The van der Waals surface area contributed by atoms with Crippen molar-refractivity contribution in [3.05, 3.63) is 47.3 Å². The number of piperazine rings is 1. The maximum Gasteiger partial charge on any atom is 0.317 e. The molecule has 30 heavy (non-hydrogen) atoms. The van der Waals surface area contributed by atoms with Crippen LogP contribution in [0.2, 0.25) is 0 Å². The van der Waals surface area contributed by atoms with Crippen LogP contribution < -0.4 is 5.32 Å². The van der Waals surface area contributed by atoms with Crippen molar-refractivity contribution in [1.29, 1.82) is 0 Å². The zero-order valence-electron chi connectivity index (χ0n) is 17.4. The third-order valence-electron chi connectivity index (χ3n) is 6.57. The summed E-state index contributed by atoms with van der Waals surface area (Å²) >= 11 is 0. The van der Waals surface area contributed by atoms with Crippen LogP contribution in [0.3, 0.4) is 0 Å². The molecule has 1 aromatic carbocycles. The number of carbonyl (C=O) groups is 1. The number of hydrogen-bond donors (Lipinski definition) is 1. The molecular weight excluding hydrogens is 380 g/mol. The smallest absolute Gasteiger partial charge is 0.317 e. The second-order valence-corrected chi connectivity index (χ2v) is 8.57. The monoisotopic (exact) mass is 410 g/mol. The van der Waals surface area contributed by atoms with E-state index in [4.69, 9.17) is 4.74 Å². The van der Waals surface area contributed by atoms with Gasteiger partial charge in [-0.1, -0.05) is 48.4 Å². The highest BCUT2D eigenvalue weighted by Gasteiger charge is 2.28. The first-order valence-electron chi connectivity index (χ1n) is 11.1. The van der Waals surface area contributed by atoms with Gasteiger partial charge < -0.3 is 15.0 Å². The molecule has 2 aromatic rings. The largest absolute Gasteiger partial charge is 0.365 e. The fraction of sp³-hybridized carbons (Fsp3) is 0.591. The normalized spacial score (nSPS) is 22.8. The average molecular weight is 411 g/mol. The Morgan fingerprint density at radius 3 is 2.63 bits per heavy atom. The van der Waals surface area contributed by atoms with Crippen molar-refractivity contribution in [2.45, 2.75) is 57.5 Å². The maximum atomic E-state index is 12.5. The standard InChI is InChI=1S/C22H30N6O2/c29-22(23-18-8-4-5-9-18)27-12-10-26(11-13-27)14-19-20-16-30-21(15-28(20)25-24-19)17-6-2-1-3-7-17/h1-3,6-7,18,21H,4-5,8-16H2,(H,23,29)/t21-/m0/s1. The van der Waals surface area contributed by atoms with Crippen LogP contribution in [0.5, 0.6) is 0 Å². The minimum Gasteiger partial charge on any atom is -0.365 e. The number of ether oxygens (including phenoxy) is 1. The number of amides is 2. The number of hydrogen-bond acceptors (Lipinski definition) is 5. The molecular formula is C22H30N6O2. The predicted molar refractivity (Wildman–Crippen MR) is 112 cm³/mol.